The quantitative estimate of drug-likeness (QED) is 0.669. The van der Waals surface area contributed by atoms with E-state index in [1.165, 1.54) is 7.11 Å². The molecule has 0 aliphatic rings. The molecule has 3 rings (SSSR count). The summed E-state index contributed by atoms with van der Waals surface area (Å²) in [7, 11) is 1.37. The van der Waals surface area contributed by atoms with Crippen molar-refractivity contribution in [3.8, 4) is 11.4 Å². The molecular weight excluding hydrogens is 254 g/mol. The van der Waals surface area contributed by atoms with Gasteiger partial charge in [-0.05, 0) is 13.0 Å². The molecule has 5 heteroatoms. The summed E-state index contributed by atoms with van der Waals surface area (Å²) >= 11 is 0. The van der Waals surface area contributed by atoms with E-state index in [1.54, 1.807) is 16.8 Å². The van der Waals surface area contributed by atoms with Gasteiger partial charge in [0.25, 0.3) is 0 Å². The first-order valence-corrected chi connectivity index (χ1v) is 6.20. The maximum Gasteiger partial charge on any atom is 0.338 e. The van der Waals surface area contributed by atoms with Crippen LogP contribution < -0.4 is 0 Å². The van der Waals surface area contributed by atoms with E-state index in [1.807, 2.05) is 37.3 Å². The van der Waals surface area contributed by atoms with Gasteiger partial charge in [0.15, 0.2) is 11.5 Å². The van der Waals surface area contributed by atoms with Crippen LogP contribution in [0.25, 0.3) is 17.0 Å². The smallest absolute Gasteiger partial charge is 0.338 e. The maximum absolute atomic E-state index is 11.7. The Labute approximate surface area is 115 Å². The maximum atomic E-state index is 11.7. The Morgan fingerprint density at radius 2 is 1.95 bits per heavy atom. The van der Waals surface area contributed by atoms with Gasteiger partial charge in [0, 0.05) is 17.3 Å². The number of methoxy groups -OCH3 is 1. The molecule has 0 bridgehead atoms. The fourth-order valence-electron chi connectivity index (χ4n) is 2.11. The predicted molar refractivity (Wildman–Crippen MR) is 74.5 cm³/mol. The Hall–Kier alpha value is -2.69. The molecule has 0 unspecified atom stereocenters. The SMILES string of the molecule is COC(=O)c1ccn2nc(-c3ccccc3)nc2c1C. The zero-order valence-electron chi connectivity index (χ0n) is 11.2. The van der Waals surface area contributed by atoms with E-state index in [-0.39, 0.29) is 5.97 Å². The van der Waals surface area contributed by atoms with Gasteiger partial charge in [-0.25, -0.2) is 14.3 Å². The summed E-state index contributed by atoms with van der Waals surface area (Å²) in [5, 5.41) is 4.42. The molecule has 0 spiro atoms. The zero-order chi connectivity index (χ0) is 14.1. The molecule has 5 nitrogen and oxygen atoms in total. The average molecular weight is 267 g/mol. The number of aromatic nitrogens is 3. The van der Waals surface area contributed by atoms with Crippen LogP contribution in [0.3, 0.4) is 0 Å². The number of benzene rings is 1. The summed E-state index contributed by atoms with van der Waals surface area (Å²) in [6, 6.07) is 11.4. The van der Waals surface area contributed by atoms with E-state index in [9.17, 15) is 4.79 Å². The van der Waals surface area contributed by atoms with Crippen molar-refractivity contribution in [3.05, 3.63) is 53.7 Å². The number of carbonyl (C=O) groups excluding carboxylic acids is 1. The Morgan fingerprint density at radius 1 is 1.20 bits per heavy atom. The van der Waals surface area contributed by atoms with Crippen molar-refractivity contribution in [1.82, 2.24) is 14.6 Å². The minimum atomic E-state index is -0.366. The first-order chi connectivity index (χ1) is 9.70. The molecule has 0 aliphatic heterocycles. The third-order valence-corrected chi connectivity index (χ3v) is 3.19. The number of rotatable bonds is 2. The normalized spacial score (nSPS) is 10.7. The van der Waals surface area contributed by atoms with E-state index in [0.29, 0.717) is 17.0 Å². The molecular formula is C15H13N3O2. The molecule has 3 aromatic rings. The number of nitrogens with zero attached hydrogens (tertiary/aromatic N) is 3. The van der Waals surface area contributed by atoms with Gasteiger partial charge in [0.1, 0.15) is 0 Å². The van der Waals surface area contributed by atoms with Crippen molar-refractivity contribution < 1.29 is 9.53 Å². The second kappa shape index (κ2) is 4.77. The minimum absolute atomic E-state index is 0.366. The highest BCUT2D eigenvalue weighted by atomic mass is 16.5. The Bertz CT molecular complexity index is 778. The lowest BCUT2D eigenvalue weighted by atomic mass is 10.1. The molecule has 0 saturated heterocycles. The molecule has 0 amide bonds. The van der Waals surface area contributed by atoms with Gasteiger partial charge in [-0.15, -0.1) is 5.10 Å². The van der Waals surface area contributed by atoms with Crippen LogP contribution in [-0.4, -0.2) is 27.7 Å². The predicted octanol–water partition coefficient (Wildman–Crippen LogP) is 2.49. The van der Waals surface area contributed by atoms with Crippen LogP contribution in [0.4, 0.5) is 0 Å². The van der Waals surface area contributed by atoms with Crippen molar-refractivity contribution in [2.45, 2.75) is 6.92 Å². The summed E-state index contributed by atoms with van der Waals surface area (Å²) in [4.78, 5) is 16.2. The summed E-state index contributed by atoms with van der Waals surface area (Å²) in [6.07, 6.45) is 1.72. The van der Waals surface area contributed by atoms with Crippen molar-refractivity contribution in [1.29, 1.82) is 0 Å². The molecule has 0 fully saturated rings. The molecule has 0 N–H and O–H groups in total. The highest BCUT2D eigenvalue weighted by Crippen LogP contribution is 2.19. The van der Waals surface area contributed by atoms with Crippen LogP contribution in [0.2, 0.25) is 0 Å². The van der Waals surface area contributed by atoms with E-state index in [0.717, 1.165) is 11.1 Å². The Kier molecular flexibility index (Phi) is 2.95. The topological polar surface area (TPSA) is 56.5 Å². The molecule has 100 valence electrons. The van der Waals surface area contributed by atoms with E-state index < -0.39 is 0 Å². The molecule has 2 heterocycles. The van der Waals surface area contributed by atoms with Crippen LogP contribution in [0.5, 0.6) is 0 Å². The lowest BCUT2D eigenvalue weighted by Crippen LogP contribution is -2.05. The van der Waals surface area contributed by atoms with Crippen LogP contribution in [-0.2, 0) is 4.74 Å². The van der Waals surface area contributed by atoms with Gasteiger partial charge < -0.3 is 4.74 Å². The highest BCUT2D eigenvalue weighted by molar-refractivity contribution is 5.92. The summed E-state index contributed by atoms with van der Waals surface area (Å²) in [5.74, 6) is 0.268. The van der Waals surface area contributed by atoms with Crippen LogP contribution in [0.1, 0.15) is 15.9 Å². The third-order valence-electron chi connectivity index (χ3n) is 3.19. The van der Waals surface area contributed by atoms with E-state index in [2.05, 4.69) is 10.1 Å². The van der Waals surface area contributed by atoms with Gasteiger partial charge in [0.05, 0.1) is 12.7 Å². The standard InChI is InChI=1S/C15H13N3O2/c1-10-12(15(19)20-2)8-9-18-14(10)16-13(17-18)11-6-4-3-5-7-11/h3-9H,1-2H3. The number of aryl methyl sites for hydroxylation is 1. The zero-order valence-corrected chi connectivity index (χ0v) is 11.2. The molecule has 0 aliphatic carbocycles. The highest BCUT2D eigenvalue weighted by Gasteiger charge is 2.15. The van der Waals surface area contributed by atoms with Gasteiger partial charge >= 0.3 is 5.97 Å². The first-order valence-electron chi connectivity index (χ1n) is 6.20. The fourth-order valence-corrected chi connectivity index (χ4v) is 2.11. The summed E-state index contributed by atoms with van der Waals surface area (Å²) < 4.78 is 6.43. The molecule has 0 atom stereocenters. The number of fused-ring (bicyclic) bond motifs is 1. The molecule has 1 aromatic carbocycles. The first kappa shape index (κ1) is 12.3. The molecule has 0 saturated carbocycles. The average Bonchev–Trinajstić information content (AvgIpc) is 2.93. The lowest BCUT2D eigenvalue weighted by Gasteiger charge is -2.03. The summed E-state index contributed by atoms with van der Waals surface area (Å²) in [6.45, 7) is 1.84. The van der Waals surface area contributed by atoms with Gasteiger partial charge in [-0.3, -0.25) is 0 Å². The molecule has 2 aromatic heterocycles. The third kappa shape index (κ3) is 1.93. The molecule has 20 heavy (non-hydrogen) atoms. The van der Waals surface area contributed by atoms with E-state index in [4.69, 9.17) is 4.74 Å². The largest absolute Gasteiger partial charge is 0.465 e. The molecule has 0 radical (unpaired) electrons. The van der Waals surface area contributed by atoms with Crippen LogP contribution >= 0.6 is 0 Å². The van der Waals surface area contributed by atoms with Crippen LogP contribution in [0.15, 0.2) is 42.6 Å². The number of carbonyl (C=O) groups is 1. The summed E-state index contributed by atoms with van der Waals surface area (Å²) in [5.41, 5.74) is 2.86. The fraction of sp³-hybridized carbons (Fsp3) is 0.133. The number of ether oxygens (including phenoxy) is 1. The van der Waals surface area contributed by atoms with Crippen molar-refractivity contribution >= 4 is 11.6 Å². The Morgan fingerprint density at radius 3 is 2.65 bits per heavy atom. The van der Waals surface area contributed by atoms with Crippen molar-refractivity contribution in [3.63, 3.8) is 0 Å². The number of pyridine rings is 1. The second-order valence-electron chi connectivity index (χ2n) is 4.42. The van der Waals surface area contributed by atoms with Crippen molar-refractivity contribution in [2.75, 3.05) is 7.11 Å². The second-order valence-corrected chi connectivity index (χ2v) is 4.42. The number of hydrogen-bond acceptors (Lipinski definition) is 4. The number of hydrogen-bond donors (Lipinski definition) is 0. The Balaban J connectivity index is 2.17. The lowest BCUT2D eigenvalue weighted by molar-refractivity contribution is 0.0600. The van der Waals surface area contributed by atoms with E-state index >= 15 is 0 Å². The van der Waals surface area contributed by atoms with Gasteiger partial charge in [0.2, 0.25) is 0 Å². The van der Waals surface area contributed by atoms with Crippen LogP contribution in [0, 0.1) is 6.92 Å². The van der Waals surface area contributed by atoms with Gasteiger partial charge in [-0.2, -0.15) is 0 Å². The van der Waals surface area contributed by atoms with Gasteiger partial charge in [-0.1, -0.05) is 30.3 Å². The minimum Gasteiger partial charge on any atom is -0.465 e. The monoisotopic (exact) mass is 267 g/mol. The number of esters is 1. The van der Waals surface area contributed by atoms with Crippen molar-refractivity contribution in [2.24, 2.45) is 0 Å².